The van der Waals surface area contributed by atoms with Gasteiger partial charge < -0.3 is 0 Å². The average molecular weight is 214 g/mol. The van der Waals surface area contributed by atoms with Gasteiger partial charge in [-0.25, -0.2) is 0 Å². The number of rotatable bonds is 0. The Labute approximate surface area is 94.2 Å². The summed E-state index contributed by atoms with van der Waals surface area (Å²) in [5.74, 6) is 2.67. The van der Waals surface area contributed by atoms with E-state index in [1.54, 1.807) is 0 Å². The minimum atomic E-state index is 0.445. The maximum Gasteiger partial charge on any atom is -0.000824 e. The van der Waals surface area contributed by atoms with Crippen LogP contribution in [0.25, 0.3) is 0 Å². The Kier molecular flexibility index (Phi) is 3.31. The molecule has 0 nitrogen and oxygen atoms in total. The predicted molar refractivity (Wildman–Crippen MR) is 67.9 cm³/mol. The van der Waals surface area contributed by atoms with Gasteiger partial charge in [0, 0.05) is 0 Å². The van der Waals surface area contributed by atoms with E-state index in [-0.39, 0.29) is 0 Å². The van der Waals surface area contributed by atoms with Gasteiger partial charge in [-0.1, -0.05) is 41.5 Å². The van der Waals surface area contributed by atoms with Crippen LogP contribution in [0.15, 0.2) is 0 Å². The summed E-state index contributed by atoms with van der Waals surface area (Å²) in [6.07, 6.45) is 2.77. The van der Waals surface area contributed by atoms with Gasteiger partial charge in [0.25, 0.3) is 0 Å². The molecule has 84 valence electrons. The van der Waals surface area contributed by atoms with E-state index < -0.39 is 0 Å². The maximum atomic E-state index is 2.47. The molecule has 0 aromatic heterocycles. The first-order valence-electron chi connectivity index (χ1n) is 5.74. The molecule has 0 aliphatic carbocycles. The van der Waals surface area contributed by atoms with Gasteiger partial charge in [-0.15, -0.1) is 0 Å². The van der Waals surface area contributed by atoms with Crippen LogP contribution in [0.3, 0.4) is 0 Å². The molecule has 0 N–H and O–H groups in total. The minimum Gasteiger partial charge on any atom is -0.161 e. The highest BCUT2D eigenvalue weighted by Gasteiger charge is 2.40. The standard InChI is InChI=1S/C13H26S/c1-11(2,3)13(6)8-7-12(4,5)9-14-10-13/h7-10H2,1-6H3. The highest BCUT2D eigenvalue weighted by molar-refractivity contribution is 7.99. The molecule has 1 rings (SSSR count). The van der Waals surface area contributed by atoms with Gasteiger partial charge in [0.1, 0.15) is 0 Å². The summed E-state index contributed by atoms with van der Waals surface area (Å²) in [5.41, 5.74) is 1.51. The van der Waals surface area contributed by atoms with Gasteiger partial charge in [0.05, 0.1) is 0 Å². The molecule has 0 amide bonds. The first-order chi connectivity index (χ1) is 6.16. The number of hydrogen-bond acceptors (Lipinski definition) is 1. The van der Waals surface area contributed by atoms with Crippen molar-refractivity contribution in [3.63, 3.8) is 0 Å². The van der Waals surface area contributed by atoms with Crippen molar-refractivity contribution in [1.29, 1.82) is 0 Å². The van der Waals surface area contributed by atoms with E-state index in [1.165, 1.54) is 24.3 Å². The zero-order valence-electron chi connectivity index (χ0n) is 10.7. The Morgan fingerprint density at radius 3 is 2.00 bits per heavy atom. The topological polar surface area (TPSA) is 0 Å². The van der Waals surface area contributed by atoms with E-state index in [4.69, 9.17) is 0 Å². The normalized spacial score (nSPS) is 33.9. The molecular weight excluding hydrogens is 188 g/mol. The highest BCUT2D eigenvalue weighted by atomic mass is 32.2. The molecule has 1 aliphatic rings. The summed E-state index contributed by atoms with van der Waals surface area (Å²) in [4.78, 5) is 0. The van der Waals surface area contributed by atoms with E-state index in [0.29, 0.717) is 16.2 Å². The second kappa shape index (κ2) is 3.73. The lowest BCUT2D eigenvalue weighted by Crippen LogP contribution is -2.34. The quantitative estimate of drug-likeness (QED) is 0.568. The molecule has 1 saturated heterocycles. The summed E-state index contributed by atoms with van der Waals surface area (Å²) >= 11 is 2.16. The van der Waals surface area contributed by atoms with Gasteiger partial charge in [-0.3, -0.25) is 0 Å². The van der Waals surface area contributed by atoms with Crippen molar-refractivity contribution < 1.29 is 0 Å². The van der Waals surface area contributed by atoms with Crippen LogP contribution in [-0.2, 0) is 0 Å². The number of thioether (sulfide) groups is 1. The molecule has 0 saturated carbocycles. The fourth-order valence-corrected chi connectivity index (χ4v) is 3.73. The SMILES string of the molecule is CC1(C)CCC(C)(C(C)(C)C)CSC1. The van der Waals surface area contributed by atoms with Crippen molar-refractivity contribution in [2.24, 2.45) is 16.2 Å². The molecule has 0 spiro atoms. The lowest BCUT2D eigenvalue weighted by atomic mass is 9.65. The van der Waals surface area contributed by atoms with Crippen LogP contribution < -0.4 is 0 Å². The van der Waals surface area contributed by atoms with Crippen LogP contribution in [0.5, 0.6) is 0 Å². The maximum absolute atomic E-state index is 2.47. The molecule has 0 radical (unpaired) electrons. The van der Waals surface area contributed by atoms with E-state index in [2.05, 4.69) is 53.3 Å². The molecule has 1 unspecified atom stereocenters. The molecule has 1 heteroatoms. The monoisotopic (exact) mass is 214 g/mol. The number of hydrogen-bond donors (Lipinski definition) is 0. The van der Waals surface area contributed by atoms with Gasteiger partial charge in [-0.2, -0.15) is 11.8 Å². The van der Waals surface area contributed by atoms with Crippen molar-refractivity contribution in [2.45, 2.75) is 54.4 Å². The Bertz CT molecular complexity index is 200. The Morgan fingerprint density at radius 2 is 1.50 bits per heavy atom. The second-order valence-electron chi connectivity index (χ2n) is 6.97. The molecule has 1 atom stereocenters. The Morgan fingerprint density at radius 1 is 0.929 bits per heavy atom. The summed E-state index contributed by atoms with van der Waals surface area (Å²) in [7, 11) is 0. The highest BCUT2D eigenvalue weighted by Crippen LogP contribution is 2.49. The van der Waals surface area contributed by atoms with Crippen molar-refractivity contribution in [2.75, 3.05) is 11.5 Å². The van der Waals surface area contributed by atoms with Gasteiger partial charge in [0.15, 0.2) is 0 Å². The first-order valence-corrected chi connectivity index (χ1v) is 6.90. The first kappa shape index (κ1) is 12.4. The van der Waals surface area contributed by atoms with Gasteiger partial charge in [-0.05, 0) is 40.6 Å². The Balaban J connectivity index is 2.75. The summed E-state index contributed by atoms with van der Waals surface area (Å²) in [6, 6.07) is 0. The minimum absolute atomic E-state index is 0.445. The fraction of sp³-hybridized carbons (Fsp3) is 1.00. The van der Waals surface area contributed by atoms with Crippen molar-refractivity contribution in [1.82, 2.24) is 0 Å². The van der Waals surface area contributed by atoms with Crippen LogP contribution >= 0.6 is 11.8 Å². The Hall–Kier alpha value is 0.350. The summed E-state index contributed by atoms with van der Waals surface area (Å²) in [6.45, 7) is 14.5. The fourth-order valence-electron chi connectivity index (χ4n) is 1.90. The zero-order valence-corrected chi connectivity index (χ0v) is 11.6. The smallest absolute Gasteiger partial charge is 0.000824 e. The molecule has 1 fully saturated rings. The van der Waals surface area contributed by atoms with Crippen LogP contribution in [0.2, 0.25) is 0 Å². The molecule has 0 aromatic carbocycles. The van der Waals surface area contributed by atoms with Crippen LogP contribution in [-0.4, -0.2) is 11.5 Å². The van der Waals surface area contributed by atoms with Crippen molar-refractivity contribution in [3.05, 3.63) is 0 Å². The summed E-state index contributed by atoms with van der Waals surface area (Å²) in [5, 5.41) is 0. The molecule has 1 aliphatic heterocycles. The third-order valence-corrected chi connectivity index (χ3v) is 5.90. The van der Waals surface area contributed by atoms with Gasteiger partial charge in [0.2, 0.25) is 0 Å². The van der Waals surface area contributed by atoms with Crippen LogP contribution in [0.1, 0.15) is 54.4 Å². The van der Waals surface area contributed by atoms with E-state index in [9.17, 15) is 0 Å². The van der Waals surface area contributed by atoms with E-state index >= 15 is 0 Å². The zero-order chi connectivity index (χ0) is 11.0. The van der Waals surface area contributed by atoms with Crippen molar-refractivity contribution >= 4 is 11.8 Å². The second-order valence-corrected chi connectivity index (χ2v) is 7.95. The van der Waals surface area contributed by atoms with E-state index in [1.807, 2.05) is 0 Å². The molecule has 0 bridgehead atoms. The lowest BCUT2D eigenvalue weighted by Gasteiger charge is -2.41. The molecule has 1 heterocycles. The third kappa shape index (κ3) is 2.68. The molecule has 0 aromatic rings. The molecular formula is C13H26S. The molecule has 14 heavy (non-hydrogen) atoms. The van der Waals surface area contributed by atoms with E-state index in [0.717, 1.165) is 0 Å². The van der Waals surface area contributed by atoms with Crippen LogP contribution in [0.4, 0.5) is 0 Å². The van der Waals surface area contributed by atoms with Crippen LogP contribution in [0, 0.1) is 16.2 Å². The largest absolute Gasteiger partial charge is 0.161 e. The predicted octanol–water partition coefficient (Wildman–Crippen LogP) is 4.59. The van der Waals surface area contributed by atoms with Gasteiger partial charge >= 0.3 is 0 Å². The third-order valence-electron chi connectivity index (χ3n) is 4.08. The average Bonchev–Trinajstić information content (AvgIpc) is 2.10. The lowest BCUT2D eigenvalue weighted by molar-refractivity contribution is 0.112. The van der Waals surface area contributed by atoms with Crippen molar-refractivity contribution in [3.8, 4) is 0 Å². The summed E-state index contributed by atoms with van der Waals surface area (Å²) < 4.78 is 0.